The van der Waals surface area contributed by atoms with Crippen LogP contribution in [0.25, 0.3) is 0 Å². The van der Waals surface area contributed by atoms with E-state index in [1.165, 1.54) is 0 Å². The van der Waals surface area contributed by atoms with Gasteiger partial charge in [-0.15, -0.1) is 0 Å². The second kappa shape index (κ2) is 10.5. The van der Waals surface area contributed by atoms with Crippen LogP contribution in [0.1, 0.15) is 25.3 Å². The summed E-state index contributed by atoms with van der Waals surface area (Å²) in [6, 6.07) is 7.68. The first-order valence-electron chi connectivity index (χ1n) is 10.7. The average Bonchev–Trinajstić information content (AvgIpc) is 2.74. The SMILES string of the molecule is CCNC(=NCC1(N(C)C)CCOCC1)N1CCN(Cc2ccc(Cl)cc2)C(=O)C1. The van der Waals surface area contributed by atoms with E-state index in [9.17, 15) is 4.79 Å². The fourth-order valence-corrected chi connectivity index (χ4v) is 4.14. The molecule has 0 bridgehead atoms. The number of guanidine groups is 1. The van der Waals surface area contributed by atoms with Crippen LogP contribution in [0.5, 0.6) is 0 Å². The van der Waals surface area contributed by atoms with Gasteiger partial charge in [-0.3, -0.25) is 9.79 Å². The van der Waals surface area contributed by atoms with Crippen molar-refractivity contribution in [3.8, 4) is 0 Å². The highest BCUT2D eigenvalue weighted by Gasteiger charge is 2.35. The number of halogens is 1. The number of amides is 1. The molecule has 2 saturated heterocycles. The molecule has 2 aliphatic rings. The van der Waals surface area contributed by atoms with Crippen molar-refractivity contribution in [3.05, 3.63) is 34.9 Å². The van der Waals surface area contributed by atoms with Crippen molar-refractivity contribution in [1.82, 2.24) is 20.0 Å². The summed E-state index contributed by atoms with van der Waals surface area (Å²) in [5, 5.41) is 4.09. The highest BCUT2D eigenvalue weighted by molar-refractivity contribution is 6.30. The van der Waals surface area contributed by atoms with Crippen LogP contribution in [0.2, 0.25) is 5.02 Å². The number of carbonyl (C=O) groups is 1. The van der Waals surface area contributed by atoms with Crippen molar-refractivity contribution in [2.75, 3.05) is 60.0 Å². The van der Waals surface area contributed by atoms with Crippen LogP contribution in [-0.4, -0.2) is 92.1 Å². The first kappa shape index (κ1) is 22.8. The van der Waals surface area contributed by atoms with Gasteiger partial charge in [-0.2, -0.15) is 0 Å². The van der Waals surface area contributed by atoms with Crippen molar-refractivity contribution in [2.45, 2.75) is 31.8 Å². The van der Waals surface area contributed by atoms with Crippen molar-refractivity contribution in [1.29, 1.82) is 0 Å². The standard InChI is InChI=1S/C22H34ClN5O2/c1-4-24-21(25-17-22(26(2)3)9-13-30-14-10-22)28-12-11-27(20(29)16-28)15-18-5-7-19(23)8-6-18/h5-8H,4,9-17H2,1-3H3,(H,24,25). The lowest BCUT2D eigenvalue weighted by Gasteiger charge is -2.42. The highest BCUT2D eigenvalue weighted by Crippen LogP contribution is 2.26. The minimum atomic E-state index is 0.0132. The first-order chi connectivity index (χ1) is 14.4. The number of carbonyl (C=O) groups excluding carboxylic acids is 1. The molecule has 8 heteroatoms. The van der Waals surface area contributed by atoms with Gasteiger partial charge in [-0.05, 0) is 51.6 Å². The molecule has 0 aliphatic carbocycles. The van der Waals surface area contributed by atoms with E-state index in [-0.39, 0.29) is 11.4 Å². The molecular formula is C22H34ClN5O2. The maximum Gasteiger partial charge on any atom is 0.242 e. The third kappa shape index (κ3) is 5.65. The number of hydrogen-bond donors (Lipinski definition) is 1. The van der Waals surface area contributed by atoms with Gasteiger partial charge in [-0.25, -0.2) is 0 Å². The fraction of sp³-hybridized carbons (Fsp3) is 0.636. The minimum absolute atomic E-state index is 0.0132. The van der Waals surface area contributed by atoms with Crippen molar-refractivity contribution in [2.24, 2.45) is 4.99 Å². The molecule has 0 radical (unpaired) electrons. The maximum atomic E-state index is 12.8. The molecule has 1 aromatic rings. The fourth-order valence-electron chi connectivity index (χ4n) is 4.01. The lowest BCUT2D eigenvalue weighted by Crippen LogP contribution is -2.56. The molecule has 2 heterocycles. The van der Waals surface area contributed by atoms with E-state index in [1.807, 2.05) is 29.2 Å². The summed E-state index contributed by atoms with van der Waals surface area (Å²) < 4.78 is 5.57. The topological polar surface area (TPSA) is 60.4 Å². The molecule has 166 valence electrons. The second-order valence-electron chi connectivity index (χ2n) is 8.26. The van der Waals surface area contributed by atoms with E-state index >= 15 is 0 Å². The molecule has 1 N–H and O–H groups in total. The Hall–Kier alpha value is -1.83. The van der Waals surface area contributed by atoms with Crippen LogP contribution in [-0.2, 0) is 16.1 Å². The summed E-state index contributed by atoms with van der Waals surface area (Å²) in [7, 11) is 4.24. The zero-order chi connectivity index (χ0) is 21.6. The molecule has 0 spiro atoms. The van der Waals surface area contributed by atoms with E-state index in [0.717, 1.165) is 50.7 Å². The van der Waals surface area contributed by atoms with Crippen molar-refractivity contribution >= 4 is 23.5 Å². The molecule has 7 nitrogen and oxygen atoms in total. The van der Waals surface area contributed by atoms with Gasteiger partial charge in [0.25, 0.3) is 0 Å². The Labute approximate surface area is 185 Å². The van der Waals surface area contributed by atoms with E-state index in [1.54, 1.807) is 0 Å². The zero-order valence-corrected chi connectivity index (χ0v) is 19.1. The summed E-state index contributed by atoms with van der Waals surface area (Å²) in [4.78, 5) is 24.0. The smallest absolute Gasteiger partial charge is 0.242 e. The summed E-state index contributed by atoms with van der Waals surface area (Å²) in [5.41, 5.74) is 1.11. The number of aliphatic imine (C=N–C) groups is 1. The van der Waals surface area contributed by atoms with Crippen LogP contribution in [0.15, 0.2) is 29.3 Å². The summed E-state index contributed by atoms with van der Waals surface area (Å²) in [5.74, 6) is 0.944. The Morgan fingerprint density at radius 1 is 1.23 bits per heavy atom. The van der Waals surface area contributed by atoms with Gasteiger partial charge in [0.1, 0.15) is 0 Å². The van der Waals surface area contributed by atoms with E-state index in [4.69, 9.17) is 21.3 Å². The Balaban J connectivity index is 1.64. The van der Waals surface area contributed by atoms with Crippen LogP contribution in [0.4, 0.5) is 0 Å². The number of likely N-dealkylation sites (N-methyl/N-ethyl adjacent to an activating group) is 1. The van der Waals surface area contributed by atoms with Crippen LogP contribution in [0, 0.1) is 0 Å². The first-order valence-corrected chi connectivity index (χ1v) is 11.1. The van der Waals surface area contributed by atoms with Gasteiger partial charge in [0, 0.05) is 50.0 Å². The Bertz CT molecular complexity index is 732. The molecule has 2 fully saturated rings. The molecule has 30 heavy (non-hydrogen) atoms. The summed E-state index contributed by atoms with van der Waals surface area (Å²) in [6.07, 6.45) is 1.94. The normalized spacial score (nSPS) is 20.0. The second-order valence-corrected chi connectivity index (χ2v) is 8.70. The molecule has 0 saturated carbocycles. The van der Waals surface area contributed by atoms with E-state index in [2.05, 4.69) is 36.1 Å². The van der Waals surface area contributed by atoms with E-state index in [0.29, 0.717) is 31.2 Å². The van der Waals surface area contributed by atoms with E-state index < -0.39 is 0 Å². The van der Waals surface area contributed by atoms with Crippen LogP contribution in [0.3, 0.4) is 0 Å². The molecule has 1 amide bonds. The summed E-state index contributed by atoms with van der Waals surface area (Å²) >= 11 is 5.96. The summed E-state index contributed by atoms with van der Waals surface area (Å²) in [6.45, 7) is 7.48. The van der Waals surface area contributed by atoms with Crippen molar-refractivity contribution < 1.29 is 9.53 Å². The van der Waals surface area contributed by atoms with Crippen molar-refractivity contribution in [3.63, 3.8) is 0 Å². The Kier molecular flexibility index (Phi) is 7.97. The molecule has 0 unspecified atom stereocenters. The van der Waals surface area contributed by atoms with Crippen LogP contribution < -0.4 is 5.32 Å². The molecular weight excluding hydrogens is 402 g/mol. The lowest BCUT2D eigenvalue weighted by molar-refractivity contribution is -0.135. The van der Waals surface area contributed by atoms with Gasteiger partial charge >= 0.3 is 0 Å². The average molecular weight is 436 g/mol. The predicted molar refractivity (Wildman–Crippen MR) is 121 cm³/mol. The quantitative estimate of drug-likeness (QED) is 0.547. The van der Waals surface area contributed by atoms with Gasteiger partial charge in [0.2, 0.25) is 5.91 Å². The van der Waals surface area contributed by atoms with Gasteiger partial charge < -0.3 is 24.8 Å². The lowest BCUT2D eigenvalue weighted by atomic mass is 9.89. The molecule has 0 aromatic heterocycles. The predicted octanol–water partition coefficient (Wildman–Crippen LogP) is 2.06. The third-order valence-corrected chi connectivity index (χ3v) is 6.39. The number of nitrogens with one attached hydrogen (secondary N) is 1. The minimum Gasteiger partial charge on any atom is -0.381 e. The van der Waals surface area contributed by atoms with Gasteiger partial charge in [0.05, 0.1) is 13.1 Å². The van der Waals surface area contributed by atoms with Crippen LogP contribution >= 0.6 is 11.6 Å². The third-order valence-electron chi connectivity index (χ3n) is 6.14. The molecule has 2 aliphatic heterocycles. The number of nitrogens with zero attached hydrogens (tertiary/aromatic N) is 4. The van der Waals surface area contributed by atoms with Gasteiger partial charge in [0.15, 0.2) is 5.96 Å². The number of ether oxygens (including phenoxy) is 1. The number of rotatable bonds is 6. The Morgan fingerprint density at radius 3 is 2.53 bits per heavy atom. The number of piperazine rings is 1. The number of hydrogen-bond acceptors (Lipinski definition) is 4. The molecule has 0 atom stereocenters. The molecule has 1 aromatic carbocycles. The van der Waals surface area contributed by atoms with Gasteiger partial charge in [-0.1, -0.05) is 23.7 Å². The highest BCUT2D eigenvalue weighted by atomic mass is 35.5. The number of benzene rings is 1. The maximum absolute atomic E-state index is 12.8. The largest absolute Gasteiger partial charge is 0.381 e. The zero-order valence-electron chi connectivity index (χ0n) is 18.4. The Morgan fingerprint density at radius 2 is 1.93 bits per heavy atom. The molecule has 3 rings (SSSR count). The monoisotopic (exact) mass is 435 g/mol.